The van der Waals surface area contributed by atoms with Crippen molar-refractivity contribution in [1.29, 1.82) is 0 Å². The SMILES string of the molecule is FC(F)(F)c1cccc(C=NNc2ccccn2)c1. The molecule has 3 nitrogen and oxygen atoms in total. The van der Waals surface area contributed by atoms with Crippen LogP contribution in [0.4, 0.5) is 19.0 Å². The normalized spacial score (nSPS) is 11.7. The lowest BCUT2D eigenvalue weighted by molar-refractivity contribution is -0.137. The van der Waals surface area contributed by atoms with Gasteiger partial charge in [-0.3, -0.25) is 5.43 Å². The number of halogens is 3. The Bertz CT molecular complexity index is 565. The van der Waals surface area contributed by atoms with E-state index in [1.165, 1.54) is 12.3 Å². The third kappa shape index (κ3) is 3.80. The molecule has 0 radical (unpaired) electrons. The number of nitrogens with zero attached hydrogens (tertiary/aromatic N) is 2. The number of nitrogens with one attached hydrogen (secondary N) is 1. The molecular weight excluding hydrogens is 255 g/mol. The standard InChI is InChI=1S/C13H10F3N3/c14-13(15,16)11-5-3-4-10(8-11)9-18-19-12-6-1-2-7-17-12/h1-9H,(H,17,19). The summed E-state index contributed by atoms with van der Waals surface area (Å²) < 4.78 is 37.5. The van der Waals surface area contributed by atoms with Crippen molar-refractivity contribution in [3.63, 3.8) is 0 Å². The predicted octanol–water partition coefficient (Wildman–Crippen LogP) is 3.55. The van der Waals surface area contributed by atoms with Crippen molar-refractivity contribution in [2.24, 2.45) is 5.10 Å². The lowest BCUT2D eigenvalue weighted by Gasteiger charge is -2.06. The minimum absolute atomic E-state index is 0.359. The molecule has 0 atom stereocenters. The van der Waals surface area contributed by atoms with Crippen LogP contribution in [0.15, 0.2) is 53.8 Å². The maximum Gasteiger partial charge on any atom is 0.416 e. The summed E-state index contributed by atoms with van der Waals surface area (Å²) >= 11 is 0. The highest BCUT2D eigenvalue weighted by Crippen LogP contribution is 2.29. The molecule has 0 aliphatic rings. The van der Waals surface area contributed by atoms with Crippen molar-refractivity contribution in [2.75, 3.05) is 5.43 Å². The van der Waals surface area contributed by atoms with E-state index in [1.54, 1.807) is 30.5 Å². The van der Waals surface area contributed by atoms with Crippen molar-refractivity contribution >= 4 is 12.0 Å². The molecule has 2 aromatic rings. The zero-order valence-electron chi connectivity index (χ0n) is 9.72. The monoisotopic (exact) mass is 265 g/mol. The number of anilines is 1. The highest BCUT2D eigenvalue weighted by Gasteiger charge is 2.30. The maximum atomic E-state index is 12.5. The smallest absolute Gasteiger partial charge is 0.261 e. The molecule has 6 heteroatoms. The third-order valence-electron chi connectivity index (χ3n) is 2.27. The van der Waals surface area contributed by atoms with Gasteiger partial charge in [0.1, 0.15) is 5.82 Å². The molecule has 0 aliphatic carbocycles. The van der Waals surface area contributed by atoms with E-state index in [0.717, 1.165) is 12.1 Å². The lowest BCUT2D eigenvalue weighted by atomic mass is 10.1. The predicted molar refractivity (Wildman–Crippen MR) is 66.9 cm³/mol. The van der Waals surface area contributed by atoms with Gasteiger partial charge in [0, 0.05) is 6.20 Å². The fourth-order valence-electron chi connectivity index (χ4n) is 1.40. The van der Waals surface area contributed by atoms with Crippen molar-refractivity contribution < 1.29 is 13.2 Å². The average Bonchev–Trinajstić information content (AvgIpc) is 2.39. The van der Waals surface area contributed by atoms with Gasteiger partial charge in [0.15, 0.2) is 0 Å². The molecule has 1 aromatic carbocycles. The van der Waals surface area contributed by atoms with Crippen molar-refractivity contribution in [2.45, 2.75) is 6.18 Å². The minimum Gasteiger partial charge on any atom is -0.261 e. The Kier molecular flexibility index (Phi) is 3.79. The number of alkyl halides is 3. The average molecular weight is 265 g/mol. The van der Waals surface area contributed by atoms with Gasteiger partial charge >= 0.3 is 6.18 Å². The first-order valence-corrected chi connectivity index (χ1v) is 5.43. The summed E-state index contributed by atoms with van der Waals surface area (Å²) in [6.07, 6.45) is -1.45. The molecular formula is C13H10F3N3. The van der Waals surface area contributed by atoms with Gasteiger partial charge < -0.3 is 0 Å². The molecule has 0 saturated carbocycles. The number of hydrogen-bond acceptors (Lipinski definition) is 3. The zero-order valence-corrected chi connectivity index (χ0v) is 9.72. The van der Waals surface area contributed by atoms with E-state index in [0.29, 0.717) is 11.4 Å². The quantitative estimate of drug-likeness (QED) is 0.680. The molecule has 98 valence electrons. The Morgan fingerprint density at radius 3 is 2.63 bits per heavy atom. The Morgan fingerprint density at radius 2 is 1.95 bits per heavy atom. The summed E-state index contributed by atoms with van der Waals surface area (Å²) in [5.74, 6) is 0.519. The second-order valence-electron chi connectivity index (χ2n) is 3.71. The van der Waals surface area contributed by atoms with Crippen LogP contribution in [-0.2, 0) is 6.18 Å². The molecule has 0 spiro atoms. The summed E-state index contributed by atoms with van der Waals surface area (Å²) in [5.41, 5.74) is 2.29. The molecule has 0 amide bonds. The third-order valence-corrected chi connectivity index (χ3v) is 2.27. The fraction of sp³-hybridized carbons (Fsp3) is 0.0769. The van der Waals surface area contributed by atoms with E-state index in [9.17, 15) is 13.2 Å². The molecule has 1 aromatic heterocycles. The summed E-state index contributed by atoms with van der Waals surface area (Å²) in [5, 5.41) is 3.83. The van der Waals surface area contributed by atoms with Gasteiger partial charge in [0.25, 0.3) is 0 Å². The first kappa shape index (κ1) is 13.1. The van der Waals surface area contributed by atoms with E-state index in [2.05, 4.69) is 15.5 Å². The van der Waals surface area contributed by atoms with Crippen LogP contribution in [-0.4, -0.2) is 11.2 Å². The van der Waals surface area contributed by atoms with Crippen LogP contribution in [0.2, 0.25) is 0 Å². The number of rotatable bonds is 3. The van der Waals surface area contributed by atoms with E-state index in [-0.39, 0.29) is 0 Å². The largest absolute Gasteiger partial charge is 0.416 e. The topological polar surface area (TPSA) is 37.3 Å². The molecule has 1 N–H and O–H groups in total. The van der Waals surface area contributed by atoms with Gasteiger partial charge in [-0.25, -0.2) is 4.98 Å². The molecule has 0 unspecified atom stereocenters. The van der Waals surface area contributed by atoms with Crippen molar-refractivity contribution in [3.8, 4) is 0 Å². The summed E-state index contributed by atoms with van der Waals surface area (Å²) in [7, 11) is 0. The van der Waals surface area contributed by atoms with Crippen molar-refractivity contribution in [1.82, 2.24) is 4.98 Å². The van der Waals surface area contributed by atoms with E-state index in [1.807, 2.05) is 0 Å². The van der Waals surface area contributed by atoms with Gasteiger partial charge in [-0.05, 0) is 29.8 Å². The van der Waals surface area contributed by atoms with Crippen LogP contribution in [0.25, 0.3) is 0 Å². The number of hydrogen-bond donors (Lipinski definition) is 1. The second-order valence-corrected chi connectivity index (χ2v) is 3.71. The highest BCUT2D eigenvalue weighted by molar-refractivity contribution is 5.80. The summed E-state index contributed by atoms with van der Waals surface area (Å²) in [6, 6.07) is 10.2. The molecule has 0 fully saturated rings. The number of hydrazone groups is 1. The lowest BCUT2D eigenvalue weighted by Crippen LogP contribution is -2.05. The summed E-state index contributed by atoms with van der Waals surface area (Å²) in [6.45, 7) is 0. The number of aromatic nitrogens is 1. The van der Waals surface area contributed by atoms with Gasteiger partial charge in [0.05, 0.1) is 11.8 Å². The fourth-order valence-corrected chi connectivity index (χ4v) is 1.40. The van der Waals surface area contributed by atoms with Crippen LogP contribution in [0.1, 0.15) is 11.1 Å². The van der Waals surface area contributed by atoms with Crippen LogP contribution in [0.3, 0.4) is 0 Å². The number of benzene rings is 1. The van der Waals surface area contributed by atoms with Crippen LogP contribution in [0.5, 0.6) is 0 Å². The van der Waals surface area contributed by atoms with E-state index in [4.69, 9.17) is 0 Å². The van der Waals surface area contributed by atoms with Gasteiger partial charge in [-0.1, -0.05) is 18.2 Å². The molecule has 2 rings (SSSR count). The second kappa shape index (κ2) is 5.51. The maximum absolute atomic E-state index is 12.5. The zero-order chi connectivity index (χ0) is 13.7. The minimum atomic E-state index is -4.35. The molecule has 0 aliphatic heterocycles. The van der Waals surface area contributed by atoms with Gasteiger partial charge in [-0.15, -0.1) is 0 Å². The van der Waals surface area contributed by atoms with Crippen LogP contribution < -0.4 is 5.43 Å². The van der Waals surface area contributed by atoms with Gasteiger partial charge in [0.2, 0.25) is 0 Å². The van der Waals surface area contributed by atoms with E-state index < -0.39 is 11.7 Å². The molecule has 0 bridgehead atoms. The van der Waals surface area contributed by atoms with E-state index >= 15 is 0 Å². The Hall–Kier alpha value is -2.37. The number of pyridine rings is 1. The first-order valence-electron chi connectivity index (χ1n) is 5.43. The van der Waals surface area contributed by atoms with Crippen LogP contribution >= 0.6 is 0 Å². The Balaban J connectivity index is 2.07. The van der Waals surface area contributed by atoms with Gasteiger partial charge in [-0.2, -0.15) is 18.3 Å². The first-order chi connectivity index (χ1) is 9.05. The summed E-state index contributed by atoms with van der Waals surface area (Å²) in [4.78, 5) is 3.96. The Labute approximate surface area is 107 Å². The molecule has 0 saturated heterocycles. The van der Waals surface area contributed by atoms with Crippen LogP contribution in [0, 0.1) is 0 Å². The molecule has 19 heavy (non-hydrogen) atoms. The highest BCUT2D eigenvalue weighted by atomic mass is 19.4. The Morgan fingerprint density at radius 1 is 1.11 bits per heavy atom. The van der Waals surface area contributed by atoms with Crippen molar-refractivity contribution in [3.05, 3.63) is 59.8 Å². The molecule has 1 heterocycles.